The summed E-state index contributed by atoms with van der Waals surface area (Å²) in [5.74, 6) is -1.76. The van der Waals surface area contributed by atoms with E-state index in [4.69, 9.17) is 9.47 Å². The van der Waals surface area contributed by atoms with Crippen molar-refractivity contribution < 1.29 is 29.0 Å². The Kier molecular flexibility index (Phi) is 6.06. The van der Waals surface area contributed by atoms with E-state index in [0.717, 1.165) is 0 Å². The number of esters is 1. The molecule has 0 N–H and O–H groups in total. The Balaban J connectivity index is 2.10. The number of methoxy groups -OCH3 is 1. The van der Waals surface area contributed by atoms with Gasteiger partial charge in [0.2, 0.25) is 0 Å². The van der Waals surface area contributed by atoms with Crippen molar-refractivity contribution >= 4 is 23.8 Å². The lowest BCUT2D eigenvalue weighted by atomic mass is 10.1. The number of hydrogen-bond donors (Lipinski definition) is 0. The van der Waals surface area contributed by atoms with E-state index in [2.05, 4.69) is 0 Å². The number of rotatable bonds is 7. The monoisotopic (exact) mass is 339 g/mol. The largest absolute Gasteiger partial charge is 0.546 e. The normalized spacial score (nSPS) is 10.4. The summed E-state index contributed by atoms with van der Waals surface area (Å²) in [6.45, 7) is -0.558. The molecule has 0 radical (unpaired) electrons. The molecule has 25 heavy (non-hydrogen) atoms. The molecule has 0 saturated carbocycles. The summed E-state index contributed by atoms with van der Waals surface area (Å²) in [5.41, 5.74) is 1.32. The minimum atomic E-state index is -1.33. The van der Waals surface area contributed by atoms with E-state index >= 15 is 0 Å². The summed E-state index contributed by atoms with van der Waals surface area (Å²) in [7, 11) is 1.29. The standard InChI is InChI=1S/C19H16O6/c1-24-19(23)16-5-3-2-4-13(16)8-11-17(20)14-6-9-15(10-7-14)25-12-18(21)22/h2-11H,12H2,1H3,(H,21,22)/p-1/b11-8+. The van der Waals surface area contributed by atoms with Crippen LogP contribution in [0.2, 0.25) is 0 Å². The Hall–Kier alpha value is -3.41. The SMILES string of the molecule is COC(=O)c1ccccc1/C=C/C(=O)c1ccc(OCC(=O)[O-])cc1. The smallest absolute Gasteiger partial charge is 0.338 e. The molecule has 0 saturated heterocycles. The van der Waals surface area contributed by atoms with Gasteiger partial charge in [0.15, 0.2) is 5.78 Å². The van der Waals surface area contributed by atoms with Crippen molar-refractivity contribution in [3.8, 4) is 5.75 Å². The zero-order valence-corrected chi connectivity index (χ0v) is 13.4. The molecule has 0 bridgehead atoms. The fourth-order valence-corrected chi connectivity index (χ4v) is 2.06. The zero-order valence-electron chi connectivity index (χ0n) is 13.4. The number of benzene rings is 2. The van der Waals surface area contributed by atoms with Crippen LogP contribution >= 0.6 is 0 Å². The maximum atomic E-state index is 12.2. The number of carboxylic acid groups (broad SMARTS) is 1. The molecule has 128 valence electrons. The summed E-state index contributed by atoms with van der Waals surface area (Å²) >= 11 is 0. The van der Waals surface area contributed by atoms with Crippen molar-refractivity contribution in [2.75, 3.05) is 13.7 Å². The van der Waals surface area contributed by atoms with Crippen LogP contribution in [0.5, 0.6) is 5.75 Å². The molecule has 0 aliphatic rings. The van der Waals surface area contributed by atoms with Gasteiger partial charge in [0.25, 0.3) is 0 Å². The lowest BCUT2D eigenvalue weighted by Crippen LogP contribution is -2.28. The molecule has 0 atom stereocenters. The average molecular weight is 339 g/mol. The van der Waals surface area contributed by atoms with Crippen LogP contribution in [0.1, 0.15) is 26.3 Å². The first-order valence-corrected chi connectivity index (χ1v) is 7.33. The van der Waals surface area contributed by atoms with E-state index in [-0.39, 0.29) is 5.78 Å². The molecule has 2 rings (SSSR count). The van der Waals surface area contributed by atoms with Gasteiger partial charge >= 0.3 is 5.97 Å². The van der Waals surface area contributed by atoms with Crippen LogP contribution in [0, 0.1) is 0 Å². The van der Waals surface area contributed by atoms with Crippen LogP contribution in [0.4, 0.5) is 0 Å². The third kappa shape index (κ3) is 5.04. The molecule has 0 spiro atoms. The van der Waals surface area contributed by atoms with Crippen molar-refractivity contribution in [3.05, 3.63) is 71.3 Å². The Morgan fingerprint density at radius 2 is 1.72 bits per heavy atom. The molecule has 0 heterocycles. The molecule has 2 aromatic carbocycles. The van der Waals surface area contributed by atoms with Crippen LogP contribution in [-0.2, 0) is 9.53 Å². The highest BCUT2D eigenvalue weighted by Gasteiger charge is 2.09. The van der Waals surface area contributed by atoms with E-state index in [0.29, 0.717) is 22.4 Å². The van der Waals surface area contributed by atoms with Gasteiger partial charge in [-0.25, -0.2) is 4.79 Å². The maximum Gasteiger partial charge on any atom is 0.338 e. The summed E-state index contributed by atoms with van der Waals surface area (Å²) in [4.78, 5) is 34.2. The number of carboxylic acids is 1. The molecular weight excluding hydrogens is 324 g/mol. The first-order valence-electron chi connectivity index (χ1n) is 7.33. The van der Waals surface area contributed by atoms with Crippen LogP contribution < -0.4 is 9.84 Å². The quantitative estimate of drug-likeness (QED) is 0.431. The number of ketones is 1. The Morgan fingerprint density at radius 1 is 1.04 bits per heavy atom. The van der Waals surface area contributed by atoms with Gasteiger partial charge in [-0.1, -0.05) is 24.3 Å². The van der Waals surface area contributed by atoms with Crippen LogP contribution in [0.15, 0.2) is 54.6 Å². The van der Waals surface area contributed by atoms with Gasteiger partial charge in [0, 0.05) is 5.56 Å². The van der Waals surface area contributed by atoms with E-state index in [1.807, 2.05) is 0 Å². The van der Waals surface area contributed by atoms with Crippen molar-refractivity contribution in [2.45, 2.75) is 0 Å². The Bertz CT molecular complexity index is 805. The van der Waals surface area contributed by atoms with Gasteiger partial charge < -0.3 is 19.4 Å². The summed E-state index contributed by atoms with van der Waals surface area (Å²) in [5, 5.41) is 10.3. The lowest BCUT2D eigenvalue weighted by molar-refractivity contribution is -0.307. The second-order valence-electron chi connectivity index (χ2n) is 4.96. The molecule has 0 aliphatic carbocycles. The highest BCUT2D eigenvalue weighted by atomic mass is 16.5. The molecule has 0 amide bonds. The number of hydrogen-bond acceptors (Lipinski definition) is 6. The first kappa shape index (κ1) is 17.9. The van der Waals surface area contributed by atoms with E-state index in [1.165, 1.54) is 43.5 Å². The van der Waals surface area contributed by atoms with Crippen LogP contribution in [-0.4, -0.2) is 31.4 Å². The summed E-state index contributed by atoms with van der Waals surface area (Å²) in [6.07, 6.45) is 2.88. The van der Waals surface area contributed by atoms with Crippen LogP contribution in [0.3, 0.4) is 0 Å². The van der Waals surface area contributed by atoms with Gasteiger partial charge in [-0.2, -0.15) is 0 Å². The highest BCUT2D eigenvalue weighted by Crippen LogP contribution is 2.15. The number of carbonyl (C=O) groups excluding carboxylic acids is 3. The van der Waals surface area contributed by atoms with E-state index < -0.39 is 18.5 Å². The van der Waals surface area contributed by atoms with Gasteiger partial charge in [-0.05, 0) is 42.0 Å². The van der Waals surface area contributed by atoms with E-state index in [9.17, 15) is 19.5 Å². The van der Waals surface area contributed by atoms with E-state index in [1.54, 1.807) is 24.3 Å². The number of carbonyl (C=O) groups is 3. The minimum Gasteiger partial charge on any atom is -0.546 e. The number of aliphatic carboxylic acids is 1. The molecule has 0 aliphatic heterocycles. The number of ether oxygens (including phenoxy) is 2. The topological polar surface area (TPSA) is 92.7 Å². The molecule has 0 unspecified atom stereocenters. The second kappa shape index (κ2) is 8.44. The third-order valence-electron chi connectivity index (χ3n) is 3.28. The van der Waals surface area contributed by atoms with Crippen molar-refractivity contribution in [1.82, 2.24) is 0 Å². The third-order valence-corrected chi connectivity index (χ3v) is 3.28. The predicted molar refractivity (Wildman–Crippen MR) is 88.1 cm³/mol. The van der Waals surface area contributed by atoms with Crippen molar-refractivity contribution in [2.24, 2.45) is 0 Å². The summed E-state index contributed by atoms with van der Waals surface area (Å²) < 4.78 is 9.65. The molecule has 2 aromatic rings. The second-order valence-corrected chi connectivity index (χ2v) is 4.96. The maximum absolute atomic E-state index is 12.2. The molecule has 0 aromatic heterocycles. The van der Waals surface area contributed by atoms with Crippen LogP contribution in [0.25, 0.3) is 6.08 Å². The van der Waals surface area contributed by atoms with Crippen molar-refractivity contribution in [1.29, 1.82) is 0 Å². The first-order chi connectivity index (χ1) is 12.0. The average Bonchev–Trinajstić information content (AvgIpc) is 2.64. The minimum absolute atomic E-state index is 0.272. The zero-order chi connectivity index (χ0) is 18.2. The summed E-state index contributed by atoms with van der Waals surface area (Å²) in [6, 6.07) is 12.8. The fourth-order valence-electron chi connectivity index (χ4n) is 2.06. The Morgan fingerprint density at radius 3 is 2.36 bits per heavy atom. The molecule has 0 fully saturated rings. The van der Waals surface area contributed by atoms with Gasteiger partial charge in [-0.3, -0.25) is 4.79 Å². The van der Waals surface area contributed by atoms with Gasteiger partial charge in [-0.15, -0.1) is 0 Å². The van der Waals surface area contributed by atoms with Gasteiger partial charge in [0.1, 0.15) is 12.4 Å². The molecule has 6 nitrogen and oxygen atoms in total. The fraction of sp³-hybridized carbons (Fsp3) is 0.105. The molecular formula is C19H15O6-. The molecule has 6 heteroatoms. The Labute approximate surface area is 144 Å². The lowest BCUT2D eigenvalue weighted by Gasteiger charge is -2.06. The highest BCUT2D eigenvalue weighted by molar-refractivity contribution is 6.07. The predicted octanol–water partition coefficient (Wildman–Crippen LogP) is 1.50. The number of allylic oxidation sites excluding steroid dienone is 1. The van der Waals surface area contributed by atoms with Crippen molar-refractivity contribution in [3.63, 3.8) is 0 Å². The van der Waals surface area contributed by atoms with Gasteiger partial charge in [0.05, 0.1) is 18.6 Å².